The molecule has 14 heavy (non-hydrogen) atoms. The maximum Gasteiger partial charge on any atom is 0.137 e. The van der Waals surface area contributed by atoms with E-state index in [9.17, 15) is 0 Å². The Balaban J connectivity index is 2.81. The maximum absolute atomic E-state index is 5.37. The Morgan fingerprint density at radius 1 is 1.21 bits per heavy atom. The number of benzene rings is 1. The molecule has 0 unspecified atom stereocenters. The Bertz CT molecular complexity index is 460. The van der Waals surface area contributed by atoms with Crippen molar-refractivity contribution in [3.05, 3.63) is 23.1 Å². The van der Waals surface area contributed by atoms with Crippen LogP contribution in [0.1, 0.15) is 5.56 Å². The van der Waals surface area contributed by atoms with Crippen molar-refractivity contribution in [3.8, 4) is 11.5 Å². The van der Waals surface area contributed by atoms with Crippen molar-refractivity contribution in [1.29, 1.82) is 0 Å². The lowest BCUT2D eigenvalue weighted by atomic mass is 10.1. The molecule has 2 rings (SSSR count). The fourth-order valence-corrected chi connectivity index (χ4v) is 2.53. The third-order valence-electron chi connectivity index (χ3n) is 2.26. The molecule has 74 valence electrons. The Morgan fingerprint density at radius 3 is 2.64 bits per heavy atom. The molecule has 0 spiro atoms. The quantitative estimate of drug-likeness (QED) is 0.754. The third kappa shape index (κ3) is 1.24. The van der Waals surface area contributed by atoms with Gasteiger partial charge >= 0.3 is 0 Å². The first-order chi connectivity index (χ1) is 6.77. The van der Waals surface area contributed by atoms with Gasteiger partial charge in [-0.2, -0.15) is 0 Å². The largest absolute Gasteiger partial charge is 0.496 e. The highest BCUT2D eigenvalue weighted by atomic mass is 32.1. The highest BCUT2D eigenvalue weighted by molar-refractivity contribution is 7.17. The zero-order valence-corrected chi connectivity index (χ0v) is 9.27. The third-order valence-corrected chi connectivity index (χ3v) is 3.19. The lowest BCUT2D eigenvalue weighted by molar-refractivity contribution is 0.408. The van der Waals surface area contributed by atoms with Crippen LogP contribution in [0.2, 0.25) is 0 Å². The lowest BCUT2D eigenvalue weighted by Gasteiger charge is -2.09. The number of methoxy groups -OCH3 is 2. The normalized spacial score (nSPS) is 10.5. The summed E-state index contributed by atoms with van der Waals surface area (Å²) in [5.41, 5.74) is 1.11. The molecule has 0 radical (unpaired) electrons. The van der Waals surface area contributed by atoms with Gasteiger partial charge < -0.3 is 9.47 Å². The van der Waals surface area contributed by atoms with Crippen molar-refractivity contribution in [2.75, 3.05) is 14.2 Å². The highest BCUT2D eigenvalue weighted by Crippen LogP contribution is 2.39. The minimum atomic E-state index is 0.924. The van der Waals surface area contributed by atoms with Crippen LogP contribution in [-0.2, 0) is 0 Å². The van der Waals surface area contributed by atoms with Crippen molar-refractivity contribution < 1.29 is 9.47 Å². The SMILES string of the molecule is COc1c(C)cc(OC)c2sccc12. The first-order valence-electron chi connectivity index (χ1n) is 4.36. The van der Waals surface area contributed by atoms with Gasteiger partial charge in [0, 0.05) is 5.39 Å². The van der Waals surface area contributed by atoms with Crippen molar-refractivity contribution >= 4 is 21.4 Å². The van der Waals surface area contributed by atoms with Crippen LogP contribution in [-0.4, -0.2) is 14.2 Å². The Labute approximate surface area is 87.1 Å². The zero-order chi connectivity index (χ0) is 10.1. The smallest absolute Gasteiger partial charge is 0.137 e. The second-order valence-electron chi connectivity index (χ2n) is 3.09. The lowest BCUT2D eigenvalue weighted by Crippen LogP contribution is -1.90. The molecule has 0 aliphatic carbocycles. The Morgan fingerprint density at radius 2 is 2.00 bits per heavy atom. The summed E-state index contributed by atoms with van der Waals surface area (Å²) in [6, 6.07) is 4.08. The van der Waals surface area contributed by atoms with Gasteiger partial charge in [-0.05, 0) is 30.0 Å². The van der Waals surface area contributed by atoms with Gasteiger partial charge in [-0.25, -0.2) is 0 Å². The van der Waals surface area contributed by atoms with E-state index in [1.807, 2.05) is 13.0 Å². The average Bonchev–Trinajstić information content (AvgIpc) is 2.65. The van der Waals surface area contributed by atoms with Gasteiger partial charge in [0.1, 0.15) is 11.5 Å². The topological polar surface area (TPSA) is 18.5 Å². The van der Waals surface area contributed by atoms with Crippen LogP contribution in [0.3, 0.4) is 0 Å². The van der Waals surface area contributed by atoms with Gasteiger partial charge in [-0.1, -0.05) is 0 Å². The molecule has 1 aromatic carbocycles. The molecule has 0 atom stereocenters. The van der Waals surface area contributed by atoms with E-state index in [1.54, 1.807) is 25.6 Å². The summed E-state index contributed by atoms with van der Waals surface area (Å²) < 4.78 is 11.8. The van der Waals surface area contributed by atoms with E-state index in [2.05, 4.69) is 11.4 Å². The van der Waals surface area contributed by atoms with E-state index in [4.69, 9.17) is 9.47 Å². The molecule has 0 amide bonds. The summed E-state index contributed by atoms with van der Waals surface area (Å²) >= 11 is 1.67. The second-order valence-corrected chi connectivity index (χ2v) is 4.01. The number of hydrogen-bond donors (Lipinski definition) is 0. The summed E-state index contributed by atoms with van der Waals surface area (Å²) in [5, 5.41) is 3.18. The van der Waals surface area contributed by atoms with E-state index in [-0.39, 0.29) is 0 Å². The van der Waals surface area contributed by atoms with Gasteiger partial charge in [0.15, 0.2) is 0 Å². The van der Waals surface area contributed by atoms with Crippen LogP contribution in [0, 0.1) is 6.92 Å². The standard InChI is InChI=1S/C11H12O2S/c1-7-6-9(12-2)11-8(4-5-14-11)10(7)13-3/h4-6H,1-3H3. The van der Waals surface area contributed by atoms with Crippen LogP contribution in [0.15, 0.2) is 17.5 Å². The molecule has 0 aliphatic heterocycles. The molecule has 0 bridgehead atoms. The first-order valence-corrected chi connectivity index (χ1v) is 5.24. The molecular weight excluding hydrogens is 196 g/mol. The van der Waals surface area contributed by atoms with Gasteiger partial charge in [-0.15, -0.1) is 11.3 Å². The number of fused-ring (bicyclic) bond motifs is 1. The number of hydrogen-bond acceptors (Lipinski definition) is 3. The summed E-state index contributed by atoms with van der Waals surface area (Å²) in [6.45, 7) is 2.03. The van der Waals surface area contributed by atoms with Crippen molar-refractivity contribution in [2.24, 2.45) is 0 Å². The molecular formula is C11H12O2S. The predicted octanol–water partition coefficient (Wildman–Crippen LogP) is 3.23. The average molecular weight is 208 g/mol. The zero-order valence-electron chi connectivity index (χ0n) is 8.46. The minimum Gasteiger partial charge on any atom is -0.496 e. The fourth-order valence-electron chi connectivity index (χ4n) is 1.64. The first kappa shape index (κ1) is 9.34. The van der Waals surface area contributed by atoms with E-state index in [0.29, 0.717) is 0 Å². The number of rotatable bonds is 2. The van der Waals surface area contributed by atoms with Crippen LogP contribution < -0.4 is 9.47 Å². The van der Waals surface area contributed by atoms with Crippen LogP contribution in [0.4, 0.5) is 0 Å². The molecule has 1 heterocycles. The van der Waals surface area contributed by atoms with E-state index in [1.165, 1.54) is 0 Å². The number of thiophene rings is 1. The fraction of sp³-hybridized carbons (Fsp3) is 0.273. The van der Waals surface area contributed by atoms with Crippen LogP contribution >= 0.6 is 11.3 Å². The predicted molar refractivity (Wildman–Crippen MR) is 59.7 cm³/mol. The molecule has 0 N–H and O–H groups in total. The van der Waals surface area contributed by atoms with Gasteiger partial charge in [0.25, 0.3) is 0 Å². The molecule has 0 saturated carbocycles. The van der Waals surface area contributed by atoms with Gasteiger partial charge in [0.2, 0.25) is 0 Å². The van der Waals surface area contributed by atoms with Crippen molar-refractivity contribution in [2.45, 2.75) is 6.92 Å². The number of ether oxygens (including phenoxy) is 2. The molecule has 1 aromatic heterocycles. The molecule has 0 fully saturated rings. The van der Waals surface area contributed by atoms with Gasteiger partial charge in [-0.3, -0.25) is 0 Å². The van der Waals surface area contributed by atoms with Gasteiger partial charge in [0.05, 0.1) is 18.9 Å². The second kappa shape index (κ2) is 3.50. The molecule has 2 aromatic rings. The molecule has 3 heteroatoms. The van der Waals surface area contributed by atoms with Crippen molar-refractivity contribution in [1.82, 2.24) is 0 Å². The summed E-state index contributed by atoms with van der Waals surface area (Å²) in [7, 11) is 3.40. The maximum atomic E-state index is 5.37. The Kier molecular flexibility index (Phi) is 2.33. The minimum absolute atomic E-state index is 0.924. The van der Waals surface area contributed by atoms with Crippen LogP contribution in [0.5, 0.6) is 11.5 Å². The molecule has 0 aliphatic rings. The highest BCUT2D eigenvalue weighted by Gasteiger charge is 2.11. The summed E-state index contributed by atoms with van der Waals surface area (Å²) in [4.78, 5) is 0. The van der Waals surface area contributed by atoms with E-state index >= 15 is 0 Å². The monoisotopic (exact) mass is 208 g/mol. The van der Waals surface area contributed by atoms with Crippen molar-refractivity contribution in [3.63, 3.8) is 0 Å². The molecule has 0 saturated heterocycles. The summed E-state index contributed by atoms with van der Waals surface area (Å²) in [5.74, 6) is 1.87. The molecule has 2 nitrogen and oxygen atoms in total. The number of aryl methyl sites for hydroxylation is 1. The van der Waals surface area contributed by atoms with Crippen LogP contribution in [0.25, 0.3) is 10.1 Å². The summed E-state index contributed by atoms with van der Waals surface area (Å²) in [6.07, 6.45) is 0. The Hall–Kier alpha value is -1.22. The van der Waals surface area contributed by atoms with E-state index in [0.717, 1.165) is 27.1 Å². The van der Waals surface area contributed by atoms with E-state index < -0.39 is 0 Å².